The Bertz CT molecular complexity index is 1180. The van der Waals surface area contributed by atoms with E-state index in [9.17, 15) is 9.59 Å². The van der Waals surface area contributed by atoms with Crippen LogP contribution in [0.2, 0.25) is 5.02 Å². The van der Waals surface area contributed by atoms with Crippen LogP contribution in [0.4, 0.5) is 16.4 Å². The topological polar surface area (TPSA) is 96.0 Å². The molecule has 0 atom stereocenters. The van der Waals surface area contributed by atoms with Crippen LogP contribution in [-0.2, 0) is 0 Å². The van der Waals surface area contributed by atoms with Crippen LogP contribution in [0.5, 0.6) is 0 Å². The van der Waals surface area contributed by atoms with E-state index in [0.29, 0.717) is 45.8 Å². The van der Waals surface area contributed by atoms with Crippen molar-refractivity contribution in [1.29, 1.82) is 0 Å². The van der Waals surface area contributed by atoms with Gasteiger partial charge in [-0.25, -0.2) is 14.8 Å². The van der Waals surface area contributed by atoms with Gasteiger partial charge in [-0.3, -0.25) is 4.79 Å². The first-order valence-corrected chi connectivity index (χ1v) is 11.1. The van der Waals surface area contributed by atoms with Gasteiger partial charge in [0.1, 0.15) is 5.69 Å². The van der Waals surface area contributed by atoms with Gasteiger partial charge in [-0.15, -0.1) is 22.7 Å². The number of fused-ring (bicyclic) bond motifs is 1. The lowest BCUT2D eigenvalue weighted by Gasteiger charge is -2.09. The molecule has 0 aliphatic heterocycles. The fourth-order valence-corrected chi connectivity index (χ4v) is 4.29. The van der Waals surface area contributed by atoms with Crippen molar-refractivity contribution < 1.29 is 9.59 Å². The van der Waals surface area contributed by atoms with Crippen LogP contribution in [0.25, 0.3) is 10.2 Å². The van der Waals surface area contributed by atoms with Gasteiger partial charge in [-0.05, 0) is 47.2 Å². The number of thiophene rings is 2. The van der Waals surface area contributed by atoms with Crippen LogP contribution in [0, 0.1) is 0 Å². The quantitative estimate of drug-likeness (QED) is 0.272. The molecule has 0 aliphatic carbocycles. The zero-order valence-electron chi connectivity index (χ0n) is 15.5. The first-order valence-electron chi connectivity index (χ1n) is 8.98. The summed E-state index contributed by atoms with van der Waals surface area (Å²) in [5.74, 6) is 0.226. The molecule has 7 nitrogen and oxygen atoms in total. The van der Waals surface area contributed by atoms with E-state index in [1.54, 1.807) is 30.3 Å². The highest BCUT2D eigenvalue weighted by Crippen LogP contribution is 2.26. The van der Waals surface area contributed by atoms with E-state index in [1.807, 2.05) is 22.9 Å². The summed E-state index contributed by atoms with van der Waals surface area (Å²) < 4.78 is 0.763. The molecule has 2 amide bonds. The summed E-state index contributed by atoms with van der Waals surface area (Å²) in [4.78, 5) is 34.3. The number of aromatic nitrogens is 2. The summed E-state index contributed by atoms with van der Waals surface area (Å²) in [5, 5.41) is 12.9. The zero-order chi connectivity index (χ0) is 20.9. The number of benzene rings is 1. The van der Waals surface area contributed by atoms with Crippen molar-refractivity contribution in [3.05, 3.63) is 68.8 Å². The average Bonchev–Trinajstić information content (AvgIpc) is 3.44. The SMILES string of the molecule is O=C(NCCNc1nc(C(=O)c2cccs2)c2sccc2n1)Nc1ccc(Cl)cc1. The number of carbonyl (C=O) groups is 2. The van der Waals surface area contributed by atoms with E-state index in [-0.39, 0.29) is 11.8 Å². The molecular formula is C20H16ClN5O2S2. The van der Waals surface area contributed by atoms with Crippen molar-refractivity contribution in [1.82, 2.24) is 15.3 Å². The second-order valence-electron chi connectivity index (χ2n) is 6.15. The second-order valence-corrected chi connectivity index (χ2v) is 8.45. The van der Waals surface area contributed by atoms with Crippen molar-refractivity contribution in [3.8, 4) is 0 Å². The normalized spacial score (nSPS) is 10.7. The van der Waals surface area contributed by atoms with Crippen molar-refractivity contribution in [2.45, 2.75) is 0 Å². The second kappa shape index (κ2) is 9.21. The Hall–Kier alpha value is -3.01. The Morgan fingerprint density at radius 2 is 1.80 bits per heavy atom. The van der Waals surface area contributed by atoms with Crippen LogP contribution < -0.4 is 16.0 Å². The van der Waals surface area contributed by atoms with Crippen molar-refractivity contribution >= 4 is 67.9 Å². The minimum absolute atomic E-state index is 0.122. The predicted molar refractivity (Wildman–Crippen MR) is 122 cm³/mol. The Morgan fingerprint density at radius 3 is 2.57 bits per heavy atom. The van der Waals surface area contributed by atoms with Gasteiger partial charge >= 0.3 is 6.03 Å². The number of halogens is 1. The molecule has 0 saturated heterocycles. The molecule has 3 N–H and O–H groups in total. The molecule has 152 valence electrons. The standard InChI is InChI=1S/C20H16ClN5O2S2/c21-12-3-5-13(6-4-12)24-20(28)23-9-8-22-19-25-14-7-11-30-18(14)16(26-19)17(27)15-2-1-10-29-15/h1-7,10-11H,8-9H2,(H,22,25,26)(H2,23,24,28). The van der Waals surface area contributed by atoms with Gasteiger partial charge in [-0.1, -0.05) is 17.7 Å². The summed E-state index contributed by atoms with van der Waals surface area (Å²) in [7, 11) is 0. The van der Waals surface area contributed by atoms with Gasteiger partial charge < -0.3 is 16.0 Å². The summed E-state index contributed by atoms with van der Waals surface area (Å²) in [6, 6.07) is 12.0. The summed E-state index contributed by atoms with van der Waals surface area (Å²) in [6.45, 7) is 0.745. The first kappa shape index (κ1) is 20.3. The number of amides is 2. The van der Waals surface area contributed by atoms with Gasteiger partial charge in [0, 0.05) is 23.8 Å². The van der Waals surface area contributed by atoms with E-state index in [2.05, 4.69) is 25.9 Å². The monoisotopic (exact) mass is 457 g/mol. The Balaban J connectivity index is 1.36. The van der Waals surface area contributed by atoms with Gasteiger partial charge in [0.2, 0.25) is 11.7 Å². The van der Waals surface area contributed by atoms with Crippen LogP contribution in [0.3, 0.4) is 0 Å². The number of hydrogen-bond acceptors (Lipinski definition) is 7. The molecule has 0 bridgehead atoms. The molecule has 30 heavy (non-hydrogen) atoms. The van der Waals surface area contributed by atoms with E-state index >= 15 is 0 Å². The van der Waals surface area contributed by atoms with Crippen molar-refractivity contribution in [2.75, 3.05) is 23.7 Å². The van der Waals surface area contributed by atoms with E-state index in [1.165, 1.54) is 22.7 Å². The van der Waals surface area contributed by atoms with Crippen LogP contribution >= 0.6 is 34.3 Å². The number of carbonyl (C=O) groups excluding carboxylic acids is 2. The largest absolute Gasteiger partial charge is 0.352 e. The lowest BCUT2D eigenvalue weighted by atomic mass is 10.2. The van der Waals surface area contributed by atoms with Gasteiger partial charge in [-0.2, -0.15) is 0 Å². The molecule has 0 radical (unpaired) electrons. The number of ketones is 1. The van der Waals surface area contributed by atoms with Crippen LogP contribution in [0.1, 0.15) is 15.4 Å². The number of hydrogen-bond donors (Lipinski definition) is 3. The smallest absolute Gasteiger partial charge is 0.319 e. The summed E-state index contributed by atoms with van der Waals surface area (Å²) >= 11 is 8.65. The average molecular weight is 458 g/mol. The third kappa shape index (κ3) is 4.76. The molecule has 0 spiro atoms. The lowest BCUT2D eigenvalue weighted by molar-refractivity contribution is 0.103. The van der Waals surface area contributed by atoms with Gasteiger partial charge in [0.05, 0.1) is 15.1 Å². The summed E-state index contributed by atoms with van der Waals surface area (Å²) in [6.07, 6.45) is 0. The highest BCUT2D eigenvalue weighted by Gasteiger charge is 2.18. The third-order valence-electron chi connectivity index (χ3n) is 4.06. The molecule has 0 unspecified atom stereocenters. The Morgan fingerprint density at radius 1 is 0.967 bits per heavy atom. The summed E-state index contributed by atoms with van der Waals surface area (Å²) in [5.41, 5.74) is 1.74. The molecule has 0 saturated carbocycles. The minimum atomic E-state index is -0.332. The zero-order valence-corrected chi connectivity index (χ0v) is 17.9. The molecule has 0 aliphatic rings. The lowest BCUT2D eigenvalue weighted by Crippen LogP contribution is -2.32. The maximum Gasteiger partial charge on any atom is 0.319 e. The van der Waals surface area contributed by atoms with Crippen LogP contribution in [-0.4, -0.2) is 34.9 Å². The third-order valence-corrected chi connectivity index (χ3v) is 6.09. The molecule has 4 aromatic rings. The number of rotatable bonds is 7. The van der Waals surface area contributed by atoms with Crippen molar-refractivity contribution in [3.63, 3.8) is 0 Å². The van der Waals surface area contributed by atoms with Crippen molar-refractivity contribution in [2.24, 2.45) is 0 Å². The van der Waals surface area contributed by atoms with Crippen LogP contribution in [0.15, 0.2) is 53.2 Å². The molecule has 3 heterocycles. The number of nitrogens with zero attached hydrogens (tertiary/aromatic N) is 2. The molecule has 10 heteroatoms. The number of anilines is 2. The number of urea groups is 1. The first-order chi connectivity index (χ1) is 14.6. The fraction of sp³-hybridized carbons (Fsp3) is 0.100. The highest BCUT2D eigenvalue weighted by molar-refractivity contribution is 7.17. The Kier molecular flexibility index (Phi) is 6.22. The number of nitrogens with one attached hydrogen (secondary N) is 3. The maximum absolute atomic E-state index is 12.8. The van der Waals surface area contributed by atoms with Gasteiger partial charge in [0.15, 0.2) is 0 Å². The highest BCUT2D eigenvalue weighted by atomic mass is 35.5. The maximum atomic E-state index is 12.8. The molecule has 1 aromatic carbocycles. The predicted octanol–water partition coefficient (Wildman–Crippen LogP) is 4.87. The van der Waals surface area contributed by atoms with E-state index < -0.39 is 0 Å². The fourth-order valence-electron chi connectivity index (χ4n) is 2.68. The molecule has 4 rings (SSSR count). The van der Waals surface area contributed by atoms with Gasteiger partial charge in [0.25, 0.3) is 0 Å². The van der Waals surface area contributed by atoms with E-state index in [4.69, 9.17) is 11.6 Å². The van der Waals surface area contributed by atoms with E-state index in [0.717, 1.165) is 4.70 Å². The minimum Gasteiger partial charge on any atom is -0.352 e. The Labute approximate surface area is 185 Å². The molecule has 3 aromatic heterocycles. The molecular weight excluding hydrogens is 442 g/mol. The molecule has 0 fully saturated rings.